The Balaban J connectivity index is 1.83. The van der Waals surface area contributed by atoms with Crippen LogP contribution < -0.4 is 10.2 Å². The number of nitrogens with one attached hydrogen (secondary N) is 1. The number of benzene rings is 2. The Hall–Kier alpha value is -2.65. The standard InChI is InChI=1S/C20H17BrN4O3S/c1-12(26)22-19-23-25(13(2)27)20(29-19)16-10-15(21)8-9-17(16)24(18(20)28)11-14-6-4-3-5-7-14/h3-10H,11H2,1-2H3,(H,22,23,26). The number of anilines is 1. The summed E-state index contributed by atoms with van der Waals surface area (Å²) in [5.41, 5.74) is 2.32. The van der Waals surface area contributed by atoms with E-state index in [9.17, 15) is 14.4 Å². The van der Waals surface area contributed by atoms with Crippen LogP contribution in [0.5, 0.6) is 0 Å². The van der Waals surface area contributed by atoms with Crippen molar-refractivity contribution in [3.63, 3.8) is 0 Å². The summed E-state index contributed by atoms with van der Waals surface area (Å²) < 4.78 is 0.780. The Morgan fingerprint density at radius 1 is 1.17 bits per heavy atom. The quantitative estimate of drug-likeness (QED) is 0.727. The molecule has 4 rings (SSSR count). The summed E-state index contributed by atoms with van der Waals surface area (Å²) >= 11 is 4.54. The summed E-state index contributed by atoms with van der Waals surface area (Å²) in [6, 6.07) is 15.2. The van der Waals surface area contributed by atoms with Crippen molar-refractivity contribution >= 4 is 56.3 Å². The van der Waals surface area contributed by atoms with Gasteiger partial charge in [0.05, 0.1) is 12.2 Å². The summed E-state index contributed by atoms with van der Waals surface area (Å²) in [5, 5.41) is 8.24. The zero-order valence-electron chi connectivity index (χ0n) is 15.7. The van der Waals surface area contributed by atoms with E-state index in [1.54, 1.807) is 4.90 Å². The molecule has 0 bridgehead atoms. The van der Waals surface area contributed by atoms with Crippen LogP contribution in [0.2, 0.25) is 0 Å². The smallest absolute Gasteiger partial charge is 0.271 e. The lowest BCUT2D eigenvalue weighted by Crippen LogP contribution is -2.48. The van der Waals surface area contributed by atoms with Gasteiger partial charge in [0.25, 0.3) is 5.91 Å². The highest BCUT2D eigenvalue weighted by molar-refractivity contribution is 9.10. The molecule has 0 aromatic heterocycles. The molecule has 2 heterocycles. The van der Waals surface area contributed by atoms with Crippen LogP contribution in [0.1, 0.15) is 25.0 Å². The van der Waals surface area contributed by atoms with E-state index in [0.29, 0.717) is 17.8 Å². The minimum atomic E-state index is -1.39. The highest BCUT2D eigenvalue weighted by Gasteiger charge is 2.61. The number of amides is 3. The molecule has 29 heavy (non-hydrogen) atoms. The minimum Gasteiger partial charge on any atom is -0.304 e. The van der Waals surface area contributed by atoms with Crippen LogP contribution in [0.3, 0.4) is 0 Å². The molecule has 0 saturated carbocycles. The number of hydrazone groups is 1. The fourth-order valence-corrected chi connectivity index (χ4v) is 5.19. The predicted octanol–water partition coefficient (Wildman–Crippen LogP) is 3.15. The number of amidine groups is 1. The summed E-state index contributed by atoms with van der Waals surface area (Å²) in [6.07, 6.45) is 0. The van der Waals surface area contributed by atoms with Gasteiger partial charge in [-0.1, -0.05) is 46.3 Å². The number of hydrogen-bond donors (Lipinski definition) is 1. The van der Waals surface area contributed by atoms with Gasteiger partial charge in [-0.3, -0.25) is 14.4 Å². The number of thioether (sulfide) groups is 1. The molecule has 0 saturated heterocycles. The first-order valence-electron chi connectivity index (χ1n) is 8.85. The van der Waals surface area contributed by atoms with Gasteiger partial charge in [0.1, 0.15) is 0 Å². The van der Waals surface area contributed by atoms with Gasteiger partial charge >= 0.3 is 0 Å². The Labute approximate surface area is 180 Å². The van der Waals surface area contributed by atoms with Crippen LogP contribution >= 0.6 is 27.7 Å². The van der Waals surface area contributed by atoms with Crippen molar-refractivity contribution in [3.05, 3.63) is 64.1 Å². The Bertz CT molecular complexity index is 1060. The Morgan fingerprint density at radius 2 is 1.90 bits per heavy atom. The summed E-state index contributed by atoms with van der Waals surface area (Å²) in [7, 11) is 0. The lowest BCUT2D eigenvalue weighted by molar-refractivity contribution is -0.139. The first-order valence-corrected chi connectivity index (χ1v) is 10.5. The minimum absolute atomic E-state index is 0.216. The van der Waals surface area contributed by atoms with Crippen LogP contribution in [-0.2, 0) is 25.8 Å². The van der Waals surface area contributed by atoms with Gasteiger partial charge in [-0.15, -0.1) is 5.10 Å². The molecule has 148 valence electrons. The maximum absolute atomic E-state index is 13.8. The second-order valence-corrected chi connectivity index (χ2v) is 8.80. The zero-order chi connectivity index (χ0) is 20.8. The molecule has 0 radical (unpaired) electrons. The Morgan fingerprint density at radius 3 is 2.55 bits per heavy atom. The number of hydrogen-bond acceptors (Lipinski definition) is 5. The third-order valence-electron chi connectivity index (χ3n) is 4.65. The molecule has 1 spiro atoms. The van der Waals surface area contributed by atoms with Gasteiger partial charge < -0.3 is 10.2 Å². The van der Waals surface area contributed by atoms with Gasteiger partial charge in [0, 0.05) is 23.9 Å². The maximum atomic E-state index is 13.8. The van der Waals surface area contributed by atoms with Crippen molar-refractivity contribution in [2.45, 2.75) is 25.3 Å². The molecule has 1 unspecified atom stereocenters. The van der Waals surface area contributed by atoms with E-state index in [-0.39, 0.29) is 17.0 Å². The molecule has 7 nitrogen and oxygen atoms in total. The SMILES string of the molecule is CC(=O)NC1=NN(C(C)=O)C2(S1)C(=O)N(Cc1ccccc1)c1ccc(Br)cc12. The van der Waals surface area contributed by atoms with Crippen molar-refractivity contribution in [1.82, 2.24) is 10.3 Å². The lowest BCUT2D eigenvalue weighted by atomic mass is 10.1. The van der Waals surface area contributed by atoms with E-state index in [2.05, 4.69) is 26.3 Å². The number of fused-ring (bicyclic) bond motifs is 2. The summed E-state index contributed by atoms with van der Waals surface area (Å²) in [4.78, 5) is 38.0. The Kier molecular flexibility index (Phi) is 4.95. The molecule has 3 amide bonds. The number of halogens is 1. The fourth-order valence-electron chi connectivity index (χ4n) is 3.51. The molecule has 2 aliphatic rings. The van der Waals surface area contributed by atoms with E-state index in [1.807, 2.05) is 48.5 Å². The molecule has 2 aromatic rings. The zero-order valence-corrected chi connectivity index (χ0v) is 18.1. The monoisotopic (exact) mass is 472 g/mol. The average molecular weight is 473 g/mol. The van der Waals surface area contributed by atoms with Gasteiger partial charge in [-0.05, 0) is 35.5 Å². The first-order chi connectivity index (χ1) is 13.8. The van der Waals surface area contributed by atoms with Crippen molar-refractivity contribution in [2.75, 3.05) is 4.90 Å². The van der Waals surface area contributed by atoms with Gasteiger partial charge in [-0.25, -0.2) is 0 Å². The van der Waals surface area contributed by atoms with Gasteiger partial charge in [0.15, 0.2) is 5.17 Å². The van der Waals surface area contributed by atoms with E-state index >= 15 is 0 Å². The van der Waals surface area contributed by atoms with E-state index < -0.39 is 10.8 Å². The number of carbonyl (C=O) groups excluding carboxylic acids is 3. The van der Waals surface area contributed by atoms with E-state index in [4.69, 9.17) is 0 Å². The second-order valence-electron chi connectivity index (χ2n) is 6.70. The molecule has 1 N–H and O–H groups in total. The van der Waals surface area contributed by atoms with Gasteiger partial charge in [0.2, 0.25) is 16.7 Å². The highest BCUT2D eigenvalue weighted by atomic mass is 79.9. The largest absolute Gasteiger partial charge is 0.304 e. The summed E-state index contributed by atoms with van der Waals surface area (Å²) in [6.45, 7) is 3.07. The number of carbonyl (C=O) groups is 3. The topological polar surface area (TPSA) is 82.1 Å². The fraction of sp³-hybridized carbons (Fsp3) is 0.200. The number of rotatable bonds is 2. The predicted molar refractivity (Wildman–Crippen MR) is 115 cm³/mol. The molecule has 2 aliphatic heterocycles. The molecular weight excluding hydrogens is 456 g/mol. The van der Waals surface area contributed by atoms with Crippen molar-refractivity contribution in [3.8, 4) is 0 Å². The van der Waals surface area contributed by atoms with Crippen molar-refractivity contribution in [1.29, 1.82) is 0 Å². The first kappa shape index (κ1) is 19.7. The van der Waals surface area contributed by atoms with Crippen LogP contribution in [-0.4, -0.2) is 27.9 Å². The van der Waals surface area contributed by atoms with E-state index in [0.717, 1.165) is 21.8 Å². The summed E-state index contributed by atoms with van der Waals surface area (Å²) in [5.74, 6) is -0.990. The average Bonchev–Trinajstić information content (AvgIpc) is 3.15. The van der Waals surface area contributed by atoms with E-state index in [1.165, 1.54) is 18.9 Å². The van der Waals surface area contributed by atoms with Crippen LogP contribution in [0.25, 0.3) is 0 Å². The molecule has 9 heteroatoms. The van der Waals surface area contributed by atoms with Crippen LogP contribution in [0.15, 0.2) is 58.1 Å². The third kappa shape index (κ3) is 3.24. The van der Waals surface area contributed by atoms with Crippen LogP contribution in [0, 0.1) is 0 Å². The molecule has 0 aliphatic carbocycles. The van der Waals surface area contributed by atoms with Crippen molar-refractivity contribution < 1.29 is 14.4 Å². The highest BCUT2D eigenvalue weighted by Crippen LogP contribution is 2.55. The normalized spacial score (nSPS) is 20.1. The molecule has 2 aromatic carbocycles. The van der Waals surface area contributed by atoms with Crippen LogP contribution in [0.4, 0.5) is 5.69 Å². The van der Waals surface area contributed by atoms with Gasteiger partial charge in [-0.2, -0.15) is 5.01 Å². The lowest BCUT2D eigenvalue weighted by Gasteiger charge is -2.29. The third-order valence-corrected chi connectivity index (χ3v) is 6.38. The second kappa shape index (κ2) is 7.31. The molecular formula is C20H17BrN4O3S. The van der Waals surface area contributed by atoms with Crippen molar-refractivity contribution in [2.24, 2.45) is 5.10 Å². The molecule has 0 fully saturated rings. The maximum Gasteiger partial charge on any atom is 0.271 e. The number of nitrogens with zero attached hydrogens (tertiary/aromatic N) is 3. The molecule has 1 atom stereocenters.